The van der Waals surface area contributed by atoms with E-state index in [1.807, 2.05) is 35.7 Å². The van der Waals surface area contributed by atoms with E-state index in [4.69, 9.17) is 4.74 Å². The SMILES string of the molecule is CCCC(NC(=O)NCCOc1ccc(C(F)(F)F)cc1)c1nnc2ccccn12. The van der Waals surface area contributed by atoms with Gasteiger partial charge in [-0.1, -0.05) is 19.4 Å². The number of amides is 2. The van der Waals surface area contributed by atoms with Gasteiger partial charge in [-0.05, 0) is 42.8 Å². The van der Waals surface area contributed by atoms with E-state index in [0.29, 0.717) is 23.6 Å². The fourth-order valence-electron chi connectivity index (χ4n) is 2.93. The number of nitrogens with one attached hydrogen (secondary N) is 2. The number of nitrogens with zero attached hydrogens (tertiary/aromatic N) is 3. The van der Waals surface area contributed by atoms with Crippen LogP contribution in [-0.4, -0.2) is 33.8 Å². The molecule has 0 radical (unpaired) electrons. The second kappa shape index (κ2) is 9.47. The maximum atomic E-state index is 12.6. The van der Waals surface area contributed by atoms with Crippen molar-refractivity contribution in [1.29, 1.82) is 0 Å². The van der Waals surface area contributed by atoms with Gasteiger partial charge in [0.15, 0.2) is 11.5 Å². The molecule has 1 aromatic carbocycles. The molecule has 0 saturated heterocycles. The summed E-state index contributed by atoms with van der Waals surface area (Å²) >= 11 is 0. The molecule has 7 nitrogen and oxygen atoms in total. The lowest BCUT2D eigenvalue weighted by atomic mass is 10.1. The number of carbonyl (C=O) groups is 1. The first-order valence-electron chi connectivity index (χ1n) is 9.52. The van der Waals surface area contributed by atoms with Gasteiger partial charge in [0, 0.05) is 6.20 Å². The number of ether oxygens (including phenoxy) is 1. The summed E-state index contributed by atoms with van der Waals surface area (Å²) in [6, 6.07) is 9.24. The molecule has 0 aliphatic rings. The fraction of sp³-hybridized carbons (Fsp3) is 0.350. The molecule has 160 valence electrons. The molecule has 2 N–H and O–H groups in total. The van der Waals surface area contributed by atoms with Crippen molar-refractivity contribution in [2.75, 3.05) is 13.2 Å². The summed E-state index contributed by atoms with van der Waals surface area (Å²) in [7, 11) is 0. The number of rotatable bonds is 8. The Hall–Kier alpha value is -3.30. The zero-order chi connectivity index (χ0) is 21.6. The summed E-state index contributed by atoms with van der Waals surface area (Å²) in [4.78, 5) is 12.3. The minimum absolute atomic E-state index is 0.116. The number of hydrogen-bond donors (Lipinski definition) is 2. The highest BCUT2D eigenvalue weighted by molar-refractivity contribution is 5.74. The number of halogens is 3. The smallest absolute Gasteiger partial charge is 0.416 e. The van der Waals surface area contributed by atoms with Gasteiger partial charge in [-0.2, -0.15) is 13.2 Å². The predicted octanol–water partition coefficient (Wildman–Crippen LogP) is 3.97. The summed E-state index contributed by atoms with van der Waals surface area (Å²) in [5, 5.41) is 13.9. The van der Waals surface area contributed by atoms with Crippen LogP contribution >= 0.6 is 0 Å². The van der Waals surface area contributed by atoms with Crippen molar-refractivity contribution in [2.45, 2.75) is 32.0 Å². The molecule has 30 heavy (non-hydrogen) atoms. The van der Waals surface area contributed by atoms with Crippen LogP contribution in [0.1, 0.15) is 37.2 Å². The van der Waals surface area contributed by atoms with Crippen LogP contribution < -0.4 is 15.4 Å². The van der Waals surface area contributed by atoms with Gasteiger partial charge in [0.25, 0.3) is 0 Å². The third-order valence-corrected chi connectivity index (χ3v) is 4.37. The van der Waals surface area contributed by atoms with Crippen LogP contribution in [0.2, 0.25) is 0 Å². The summed E-state index contributed by atoms with van der Waals surface area (Å²) in [5.41, 5.74) is -0.0453. The third-order valence-electron chi connectivity index (χ3n) is 4.37. The van der Waals surface area contributed by atoms with Crippen molar-refractivity contribution in [1.82, 2.24) is 25.2 Å². The zero-order valence-electron chi connectivity index (χ0n) is 16.3. The van der Waals surface area contributed by atoms with Gasteiger partial charge in [0.2, 0.25) is 0 Å². The van der Waals surface area contributed by atoms with Gasteiger partial charge in [-0.3, -0.25) is 4.40 Å². The molecule has 0 spiro atoms. The molecule has 0 fully saturated rings. The van der Waals surface area contributed by atoms with E-state index in [9.17, 15) is 18.0 Å². The van der Waals surface area contributed by atoms with E-state index in [-0.39, 0.29) is 19.2 Å². The maximum Gasteiger partial charge on any atom is 0.416 e. The topological polar surface area (TPSA) is 80.5 Å². The molecular formula is C20H22F3N5O2. The number of carbonyl (C=O) groups excluding carboxylic acids is 1. The molecule has 3 aromatic rings. The van der Waals surface area contributed by atoms with E-state index < -0.39 is 17.8 Å². The number of benzene rings is 1. The molecule has 10 heteroatoms. The number of hydrogen-bond acceptors (Lipinski definition) is 4. The van der Waals surface area contributed by atoms with Crippen LogP contribution in [0, 0.1) is 0 Å². The summed E-state index contributed by atoms with van der Waals surface area (Å²) in [5.74, 6) is 0.938. The Morgan fingerprint density at radius 2 is 1.93 bits per heavy atom. The van der Waals surface area contributed by atoms with Crippen LogP contribution in [0.3, 0.4) is 0 Å². The van der Waals surface area contributed by atoms with E-state index in [0.717, 1.165) is 18.6 Å². The molecule has 3 rings (SSSR count). The van der Waals surface area contributed by atoms with Gasteiger partial charge in [-0.15, -0.1) is 10.2 Å². The lowest BCUT2D eigenvalue weighted by Gasteiger charge is -2.17. The Morgan fingerprint density at radius 3 is 2.63 bits per heavy atom. The fourth-order valence-corrected chi connectivity index (χ4v) is 2.93. The van der Waals surface area contributed by atoms with Crippen LogP contribution in [0.4, 0.5) is 18.0 Å². The molecular weight excluding hydrogens is 399 g/mol. The van der Waals surface area contributed by atoms with Crippen LogP contribution in [0.25, 0.3) is 5.65 Å². The van der Waals surface area contributed by atoms with E-state index >= 15 is 0 Å². The maximum absolute atomic E-state index is 12.6. The molecule has 2 amide bonds. The first kappa shape index (κ1) is 21.4. The standard InChI is InChI=1S/C20H22F3N5O2/c1-2-5-16(18-27-26-17-6-3-4-12-28(17)18)25-19(29)24-11-13-30-15-9-7-14(8-10-15)20(21,22)23/h3-4,6-10,12,16H,2,5,11,13H2,1H3,(H2,24,25,29). The lowest BCUT2D eigenvalue weighted by molar-refractivity contribution is -0.137. The van der Waals surface area contributed by atoms with Crippen molar-refractivity contribution in [2.24, 2.45) is 0 Å². The number of alkyl halides is 3. The summed E-state index contributed by atoms with van der Waals surface area (Å²) in [6.45, 7) is 2.31. The number of pyridine rings is 1. The summed E-state index contributed by atoms with van der Waals surface area (Å²) in [6.07, 6.45) is -1.03. The highest BCUT2D eigenvalue weighted by Gasteiger charge is 2.30. The highest BCUT2D eigenvalue weighted by atomic mass is 19.4. The summed E-state index contributed by atoms with van der Waals surface area (Å²) < 4.78 is 44.9. The van der Waals surface area contributed by atoms with Crippen LogP contribution in [0.5, 0.6) is 5.75 Å². The minimum Gasteiger partial charge on any atom is -0.492 e. The van der Waals surface area contributed by atoms with Crippen LogP contribution in [-0.2, 0) is 6.18 Å². The Bertz CT molecular complexity index is 972. The second-order valence-corrected chi connectivity index (χ2v) is 6.60. The van der Waals surface area contributed by atoms with Crippen molar-refractivity contribution >= 4 is 11.7 Å². The van der Waals surface area contributed by atoms with E-state index in [1.165, 1.54) is 12.1 Å². The number of urea groups is 1. The van der Waals surface area contributed by atoms with Gasteiger partial charge < -0.3 is 15.4 Å². The molecule has 0 aliphatic carbocycles. The number of fused-ring (bicyclic) bond motifs is 1. The average Bonchev–Trinajstić information content (AvgIpc) is 3.15. The average molecular weight is 421 g/mol. The van der Waals surface area contributed by atoms with E-state index in [1.54, 1.807) is 0 Å². The quantitative estimate of drug-likeness (QED) is 0.540. The van der Waals surface area contributed by atoms with Gasteiger partial charge in [0.05, 0.1) is 18.2 Å². The monoisotopic (exact) mass is 421 g/mol. The van der Waals surface area contributed by atoms with Crippen molar-refractivity contribution in [3.05, 3.63) is 60.0 Å². The molecule has 2 aromatic heterocycles. The first-order valence-corrected chi connectivity index (χ1v) is 9.52. The molecule has 2 heterocycles. The zero-order valence-corrected chi connectivity index (χ0v) is 16.3. The normalized spacial score (nSPS) is 12.5. The molecule has 0 aliphatic heterocycles. The van der Waals surface area contributed by atoms with Gasteiger partial charge >= 0.3 is 12.2 Å². The third kappa shape index (κ3) is 5.40. The van der Waals surface area contributed by atoms with E-state index in [2.05, 4.69) is 20.8 Å². The Labute approximate surface area is 171 Å². The molecule has 1 unspecified atom stereocenters. The minimum atomic E-state index is -4.39. The molecule has 1 atom stereocenters. The lowest BCUT2D eigenvalue weighted by Crippen LogP contribution is -2.40. The highest BCUT2D eigenvalue weighted by Crippen LogP contribution is 2.30. The van der Waals surface area contributed by atoms with Crippen molar-refractivity contribution in [3.8, 4) is 5.75 Å². The van der Waals surface area contributed by atoms with Crippen molar-refractivity contribution < 1.29 is 22.7 Å². The second-order valence-electron chi connectivity index (χ2n) is 6.60. The predicted molar refractivity (Wildman–Crippen MR) is 104 cm³/mol. The van der Waals surface area contributed by atoms with Gasteiger partial charge in [0.1, 0.15) is 12.4 Å². The first-order chi connectivity index (χ1) is 14.4. The Kier molecular flexibility index (Phi) is 6.76. The number of aromatic nitrogens is 3. The molecule has 0 bridgehead atoms. The van der Waals surface area contributed by atoms with Crippen LogP contribution in [0.15, 0.2) is 48.7 Å². The van der Waals surface area contributed by atoms with Gasteiger partial charge in [-0.25, -0.2) is 4.79 Å². The van der Waals surface area contributed by atoms with Crippen molar-refractivity contribution in [3.63, 3.8) is 0 Å². The Morgan fingerprint density at radius 1 is 1.17 bits per heavy atom. The molecule has 0 saturated carbocycles. The largest absolute Gasteiger partial charge is 0.492 e. The Balaban J connectivity index is 1.49.